The van der Waals surface area contributed by atoms with E-state index in [0.29, 0.717) is 8.68 Å². The lowest BCUT2D eigenvalue weighted by molar-refractivity contribution is -0.119. The number of nitrogens with zero attached hydrogens (tertiary/aromatic N) is 2. The van der Waals surface area contributed by atoms with Gasteiger partial charge in [0.2, 0.25) is 11.8 Å². The van der Waals surface area contributed by atoms with E-state index in [-0.39, 0.29) is 17.7 Å². The summed E-state index contributed by atoms with van der Waals surface area (Å²) in [5.41, 5.74) is 5.05. The van der Waals surface area contributed by atoms with Crippen molar-refractivity contribution in [1.29, 1.82) is 0 Å². The molecule has 0 radical (unpaired) electrons. The number of hydrogen-bond acceptors (Lipinski definition) is 8. The summed E-state index contributed by atoms with van der Waals surface area (Å²) < 4.78 is 1.21. The summed E-state index contributed by atoms with van der Waals surface area (Å²) in [5, 5.41) is 12.3. The largest absolute Gasteiger partial charge is 0.369 e. The number of urea groups is 1. The van der Waals surface area contributed by atoms with E-state index in [4.69, 9.17) is 5.73 Å². The molecule has 1 saturated carbocycles. The second-order valence-electron chi connectivity index (χ2n) is 4.59. The van der Waals surface area contributed by atoms with Gasteiger partial charge in [-0.2, -0.15) is 0 Å². The van der Waals surface area contributed by atoms with Crippen LogP contribution in [0.1, 0.15) is 19.8 Å². The van der Waals surface area contributed by atoms with Crippen LogP contribution >= 0.6 is 34.9 Å². The molecule has 0 spiro atoms. The molecule has 120 valence electrons. The van der Waals surface area contributed by atoms with Crippen molar-refractivity contribution in [3.63, 3.8) is 0 Å². The topological polar surface area (TPSA) is 127 Å². The van der Waals surface area contributed by atoms with E-state index < -0.39 is 17.2 Å². The highest BCUT2D eigenvalue weighted by atomic mass is 32.2. The first-order valence-electron chi connectivity index (χ1n) is 6.46. The Balaban J connectivity index is 1.77. The Morgan fingerprint density at radius 1 is 1.36 bits per heavy atom. The van der Waals surface area contributed by atoms with E-state index in [1.807, 2.05) is 0 Å². The molecule has 22 heavy (non-hydrogen) atoms. The third-order valence-corrected chi connectivity index (χ3v) is 5.79. The minimum absolute atomic E-state index is 0.136. The zero-order chi connectivity index (χ0) is 16.1. The highest BCUT2D eigenvalue weighted by Gasteiger charge is 2.25. The molecule has 0 bridgehead atoms. The normalized spacial score (nSPS) is 15.1. The molecule has 8 nitrogen and oxygen atoms in total. The van der Waals surface area contributed by atoms with E-state index in [1.54, 1.807) is 6.92 Å². The first kappa shape index (κ1) is 17.0. The molecule has 1 fully saturated rings. The molecule has 1 aromatic heterocycles. The van der Waals surface area contributed by atoms with Gasteiger partial charge < -0.3 is 11.1 Å². The van der Waals surface area contributed by atoms with Crippen molar-refractivity contribution in [3.05, 3.63) is 0 Å². The van der Waals surface area contributed by atoms with Crippen molar-refractivity contribution >= 4 is 52.7 Å². The first-order chi connectivity index (χ1) is 10.4. The Kier molecular flexibility index (Phi) is 6.03. The number of primary amides is 1. The summed E-state index contributed by atoms with van der Waals surface area (Å²) in [6.45, 7) is 1.68. The summed E-state index contributed by atoms with van der Waals surface area (Å²) in [6.07, 6.45) is 1.92. The third kappa shape index (κ3) is 5.81. The van der Waals surface area contributed by atoms with Crippen LogP contribution in [0.25, 0.3) is 0 Å². The molecule has 1 heterocycles. The van der Waals surface area contributed by atoms with E-state index in [1.165, 1.54) is 34.9 Å². The number of nitrogens with two attached hydrogens (primary N) is 1. The molecule has 1 aliphatic rings. The van der Waals surface area contributed by atoms with Crippen LogP contribution in [0.2, 0.25) is 0 Å². The number of aromatic nitrogens is 2. The van der Waals surface area contributed by atoms with Gasteiger partial charge in [0.05, 0.1) is 11.0 Å². The monoisotopic (exact) mass is 361 g/mol. The number of rotatable bonds is 7. The molecule has 4 N–H and O–H groups in total. The van der Waals surface area contributed by atoms with Crippen molar-refractivity contribution in [1.82, 2.24) is 20.8 Å². The summed E-state index contributed by atoms with van der Waals surface area (Å²) in [7, 11) is 0. The molecule has 4 amide bonds. The number of carbonyl (C=O) groups is 3. The van der Waals surface area contributed by atoms with Crippen LogP contribution in [0.15, 0.2) is 8.68 Å². The molecule has 0 aliphatic heterocycles. The standard InChI is InChI=1S/C11H15N5O3S3/c1-5(8(18)14-9(19)13-6-2-3-6)21-11-16-15-10(22-11)20-4-7(12)17/h5-6H,2-4H2,1H3,(H2,12,17)(H2,13,14,18,19). The van der Waals surface area contributed by atoms with Crippen LogP contribution in [-0.4, -0.2) is 45.1 Å². The molecule has 11 heteroatoms. The fraction of sp³-hybridized carbons (Fsp3) is 0.545. The van der Waals surface area contributed by atoms with Crippen LogP contribution in [0.3, 0.4) is 0 Å². The molecule has 0 aromatic carbocycles. The van der Waals surface area contributed by atoms with Gasteiger partial charge in [-0.05, 0) is 19.8 Å². The van der Waals surface area contributed by atoms with E-state index in [2.05, 4.69) is 20.8 Å². The van der Waals surface area contributed by atoms with Gasteiger partial charge in [0.1, 0.15) is 0 Å². The highest BCUT2D eigenvalue weighted by molar-refractivity contribution is 8.04. The molecular weight excluding hydrogens is 346 g/mol. The smallest absolute Gasteiger partial charge is 0.321 e. The van der Waals surface area contributed by atoms with Gasteiger partial charge >= 0.3 is 6.03 Å². The van der Waals surface area contributed by atoms with Crippen molar-refractivity contribution in [3.8, 4) is 0 Å². The SMILES string of the molecule is CC(Sc1nnc(SCC(N)=O)s1)C(=O)NC(=O)NC1CC1. The number of imide groups is 1. The van der Waals surface area contributed by atoms with Gasteiger partial charge in [-0.15, -0.1) is 10.2 Å². The van der Waals surface area contributed by atoms with Crippen LogP contribution in [0.5, 0.6) is 0 Å². The zero-order valence-corrected chi connectivity index (χ0v) is 14.1. The molecule has 1 atom stereocenters. The Bertz CT molecular complexity index is 575. The van der Waals surface area contributed by atoms with Crippen LogP contribution in [0.4, 0.5) is 4.79 Å². The predicted octanol–water partition coefficient (Wildman–Crippen LogP) is 0.584. The Morgan fingerprint density at radius 3 is 2.68 bits per heavy atom. The second kappa shape index (κ2) is 7.79. The molecule has 2 rings (SSSR count). The lowest BCUT2D eigenvalue weighted by atomic mass is 10.4. The number of amides is 4. The summed E-state index contributed by atoms with van der Waals surface area (Å²) in [4.78, 5) is 34.1. The highest BCUT2D eigenvalue weighted by Crippen LogP contribution is 2.31. The van der Waals surface area contributed by atoms with Gasteiger partial charge in [-0.25, -0.2) is 4.79 Å². The summed E-state index contributed by atoms with van der Waals surface area (Å²) >= 11 is 3.68. The van der Waals surface area contributed by atoms with Gasteiger partial charge in [-0.1, -0.05) is 34.9 Å². The minimum atomic E-state index is -0.480. The average molecular weight is 361 g/mol. The molecular formula is C11H15N5O3S3. The fourth-order valence-electron chi connectivity index (χ4n) is 1.30. The quantitative estimate of drug-likeness (QED) is 0.606. The van der Waals surface area contributed by atoms with Crippen molar-refractivity contribution < 1.29 is 14.4 Å². The molecule has 0 saturated heterocycles. The Hall–Kier alpha value is -1.33. The Morgan fingerprint density at radius 2 is 2.05 bits per heavy atom. The predicted molar refractivity (Wildman–Crippen MR) is 84.8 cm³/mol. The number of nitrogens with one attached hydrogen (secondary N) is 2. The first-order valence-corrected chi connectivity index (χ1v) is 9.15. The Labute approximate surface area is 139 Å². The van der Waals surface area contributed by atoms with Crippen molar-refractivity contribution in [2.45, 2.75) is 39.7 Å². The van der Waals surface area contributed by atoms with Crippen molar-refractivity contribution in [2.24, 2.45) is 5.73 Å². The van der Waals surface area contributed by atoms with Gasteiger partial charge in [0.15, 0.2) is 8.68 Å². The third-order valence-electron chi connectivity index (χ3n) is 2.52. The van der Waals surface area contributed by atoms with Gasteiger partial charge in [0, 0.05) is 6.04 Å². The lowest BCUT2D eigenvalue weighted by Crippen LogP contribution is -2.43. The number of thioether (sulfide) groups is 2. The lowest BCUT2D eigenvalue weighted by Gasteiger charge is -2.09. The van der Waals surface area contributed by atoms with E-state index in [9.17, 15) is 14.4 Å². The van der Waals surface area contributed by atoms with Crippen molar-refractivity contribution in [2.75, 3.05) is 5.75 Å². The maximum absolute atomic E-state index is 11.9. The number of hydrogen-bond donors (Lipinski definition) is 3. The zero-order valence-electron chi connectivity index (χ0n) is 11.7. The molecule has 1 aromatic rings. The maximum Gasteiger partial charge on any atom is 0.321 e. The molecule has 1 unspecified atom stereocenters. The second-order valence-corrected chi connectivity index (χ2v) is 8.37. The van der Waals surface area contributed by atoms with Crippen LogP contribution < -0.4 is 16.4 Å². The summed E-state index contributed by atoms with van der Waals surface area (Å²) in [5.74, 6) is -0.676. The molecule has 1 aliphatic carbocycles. The fourth-order valence-corrected chi connectivity index (χ4v) is 4.21. The summed E-state index contributed by atoms with van der Waals surface area (Å²) in [6, 6.07) is -0.265. The van der Waals surface area contributed by atoms with Gasteiger partial charge in [0.25, 0.3) is 0 Å². The van der Waals surface area contributed by atoms with E-state index >= 15 is 0 Å². The average Bonchev–Trinajstić information content (AvgIpc) is 3.13. The van der Waals surface area contributed by atoms with Crippen LogP contribution in [-0.2, 0) is 9.59 Å². The van der Waals surface area contributed by atoms with Gasteiger partial charge in [-0.3, -0.25) is 14.9 Å². The maximum atomic E-state index is 11.9. The minimum Gasteiger partial charge on any atom is -0.369 e. The van der Waals surface area contributed by atoms with Crippen LogP contribution in [0, 0.1) is 0 Å². The number of carbonyl (C=O) groups excluding carboxylic acids is 3. The van der Waals surface area contributed by atoms with E-state index in [0.717, 1.165) is 12.8 Å².